The van der Waals surface area contributed by atoms with Gasteiger partial charge in [0.1, 0.15) is 22.2 Å². The topological polar surface area (TPSA) is 59.7 Å². The first-order valence-corrected chi connectivity index (χ1v) is 8.69. The molecule has 0 radical (unpaired) electrons. The summed E-state index contributed by atoms with van der Waals surface area (Å²) >= 11 is 1.26. The number of methoxy groups -OCH3 is 1. The van der Waals surface area contributed by atoms with E-state index in [4.69, 9.17) is 9.15 Å². The Kier molecular flexibility index (Phi) is 5.14. The fourth-order valence-corrected chi connectivity index (χ4v) is 3.42. The lowest BCUT2D eigenvalue weighted by Gasteiger charge is -2.13. The molecule has 0 saturated heterocycles. The second kappa shape index (κ2) is 7.49. The summed E-state index contributed by atoms with van der Waals surface area (Å²) in [5, 5.41) is 10.3. The summed E-state index contributed by atoms with van der Waals surface area (Å²) in [6.45, 7) is 1.96. The predicted molar refractivity (Wildman–Crippen MR) is 99.3 cm³/mol. The van der Waals surface area contributed by atoms with Crippen LogP contribution in [0.15, 0.2) is 74.8 Å². The largest absolute Gasteiger partial charge is 0.506 e. The molecule has 0 amide bonds. The maximum absolute atomic E-state index is 12.4. The summed E-state index contributed by atoms with van der Waals surface area (Å²) in [4.78, 5) is 12.6. The Morgan fingerprint density at radius 1 is 1.08 bits per heavy atom. The van der Waals surface area contributed by atoms with Crippen molar-refractivity contribution in [3.63, 3.8) is 0 Å². The third-order valence-corrected chi connectivity index (χ3v) is 5.04. The first kappa shape index (κ1) is 17.2. The molecule has 0 bridgehead atoms. The number of hydrogen-bond acceptors (Lipinski definition) is 5. The molecule has 0 aliphatic heterocycles. The van der Waals surface area contributed by atoms with E-state index >= 15 is 0 Å². The van der Waals surface area contributed by atoms with Crippen LogP contribution in [0, 0.1) is 0 Å². The van der Waals surface area contributed by atoms with Crippen molar-refractivity contribution in [2.75, 3.05) is 7.11 Å². The van der Waals surface area contributed by atoms with Gasteiger partial charge in [-0.15, -0.1) is 11.8 Å². The van der Waals surface area contributed by atoms with E-state index in [1.807, 2.05) is 61.5 Å². The monoisotopic (exact) mass is 354 g/mol. The van der Waals surface area contributed by atoms with Crippen LogP contribution in [-0.4, -0.2) is 12.2 Å². The zero-order valence-electron chi connectivity index (χ0n) is 13.9. The van der Waals surface area contributed by atoms with E-state index in [0.717, 1.165) is 16.9 Å². The molecule has 3 aromatic rings. The van der Waals surface area contributed by atoms with Crippen molar-refractivity contribution < 1.29 is 14.3 Å². The smallest absolute Gasteiger partial charge is 0.353 e. The average Bonchev–Trinajstić information content (AvgIpc) is 2.65. The number of thioether (sulfide) groups is 1. The molecule has 1 atom stereocenters. The van der Waals surface area contributed by atoms with Crippen LogP contribution in [0.1, 0.15) is 17.7 Å². The highest BCUT2D eigenvalue weighted by molar-refractivity contribution is 7.99. The molecule has 1 heterocycles. The minimum absolute atomic E-state index is 0.0496. The lowest BCUT2D eigenvalue weighted by Crippen LogP contribution is -2.04. The first-order valence-electron chi connectivity index (χ1n) is 7.81. The molecule has 0 spiro atoms. The lowest BCUT2D eigenvalue weighted by molar-refractivity contribution is 0.414. The van der Waals surface area contributed by atoms with E-state index in [1.165, 1.54) is 17.8 Å². The summed E-state index contributed by atoms with van der Waals surface area (Å²) in [5.74, 6) is 1.02. The molecule has 0 saturated carbocycles. The fraction of sp³-hybridized carbons (Fsp3) is 0.150. The van der Waals surface area contributed by atoms with Gasteiger partial charge in [-0.05, 0) is 24.6 Å². The van der Waals surface area contributed by atoms with Gasteiger partial charge in [0.05, 0.1) is 7.11 Å². The van der Waals surface area contributed by atoms with Crippen LogP contribution in [0.5, 0.6) is 11.5 Å². The summed E-state index contributed by atoms with van der Waals surface area (Å²) in [7, 11) is 1.61. The maximum atomic E-state index is 12.4. The molecule has 0 fully saturated rings. The van der Waals surface area contributed by atoms with Gasteiger partial charge in [-0.1, -0.05) is 42.5 Å². The lowest BCUT2D eigenvalue weighted by atomic mass is 10.1. The Morgan fingerprint density at radius 3 is 2.52 bits per heavy atom. The molecule has 4 nitrogen and oxygen atoms in total. The van der Waals surface area contributed by atoms with Crippen molar-refractivity contribution in [1.29, 1.82) is 0 Å². The standard InChI is InChI=1S/C20H18O4S/c1-13(15-9-6-10-16(11-15)23-2)25-19-17(21)12-18(24-20(19)22)14-7-4-3-5-8-14/h3-13,21H,1-2H3. The Bertz CT molecular complexity index is 918. The number of ether oxygens (including phenoxy) is 1. The quantitative estimate of drug-likeness (QED) is 0.662. The number of rotatable bonds is 5. The molecule has 3 rings (SSSR count). The van der Waals surface area contributed by atoms with Gasteiger partial charge < -0.3 is 14.3 Å². The van der Waals surface area contributed by atoms with Crippen molar-refractivity contribution in [1.82, 2.24) is 0 Å². The van der Waals surface area contributed by atoms with Gasteiger partial charge in [0, 0.05) is 16.9 Å². The molecule has 1 unspecified atom stereocenters. The van der Waals surface area contributed by atoms with Gasteiger partial charge in [0.15, 0.2) is 0 Å². The van der Waals surface area contributed by atoms with Gasteiger partial charge in [0.25, 0.3) is 0 Å². The van der Waals surface area contributed by atoms with Crippen LogP contribution in [0.25, 0.3) is 11.3 Å². The molecule has 5 heteroatoms. The maximum Gasteiger partial charge on any atom is 0.353 e. The van der Waals surface area contributed by atoms with E-state index in [-0.39, 0.29) is 15.9 Å². The summed E-state index contributed by atoms with van der Waals surface area (Å²) in [6.07, 6.45) is 0. The van der Waals surface area contributed by atoms with Crippen molar-refractivity contribution in [3.05, 3.63) is 76.6 Å². The molecular formula is C20H18O4S. The Labute approximate surface area is 150 Å². The van der Waals surface area contributed by atoms with Crippen molar-refractivity contribution >= 4 is 11.8 Å². The second-order valence-electron chi connectivity index (χ2n) is 5.52. The zero-order valence-corrected chi connectivity index (χ0v) is 14.7. The molecule has 1 N–H and O–H groups in total. The third kappa shape index (κ3) is 3.88. The second-order valence-corrected chi connectivity index (χ2v) is 6.87. The molecule has 128 valence electrons. The van der Waals surface area contributed by atoms with Gasteiger partial charge in [0.2, 0.25) is 0 Å². The van der Waals surface area contributed by atoms with E-state index in [0.29, 0.717) is 5.76 Å². The van der Waals surface area contributed by atoms with Gasteiger partial charge in [-0.3, -0.25) is 0 Å². The van der Waals surface area contributed by atoms with Crippen LogP contribution in [0.4, 0.5) is 0 Å². The average molecular weight is 354 g/mol. The number of aromatic hydroxyl groups is 1. The van der Waals surface area contributed by atoms with E-state index < -0.39 is 5.63 Å². The Hall–Kier alpha value is -2.66. The van der Waals surface area contributed by atoms with Crippen molar-refractivity contribution in [2.24, 2.45) is 0 Å². The first-order chi connectivity index (χ1) is 12.1. The molecule has 25 heavy (non-hydrogen) atoms. The highest BCUT2D eigenvalue weighted by atomic mass is 32.2. The Balaban J connectivity index is 1.89. The van der Waals surface area contributed by atoms with Gasteiger partial charge >= 0.3 is 5.63 Å². The fourth-order valence-electron chi connectivity index (χ4n) is 2.46. The highest BCUT2D eigenvalue weighted by Crippen LogP contribution is 2.39. The summed E-state index contributed by atoms with van der Waals surface area (Å²) < 4.78 is 10.6. The minimum Gasteiger partial charge on any atom is -0.506 e. The molecule has 1 aromatic heterocycles. The molecule has 2 aromatic carbocycles. The summed E-state index contributed by atoms with van der Waals surface area (Å²) in [5.41, 5.74) is 1.20. The van der Waals surface area contributed by atoms with E-state index in [1.54, 1.807) is 7.11 Å². The SMILES string of the molecule is COc1cccc(C(C)Sc2c(O)cc(-c3ccccc3)oc2=O)c1. The van der Waals surface area contributed by atoms with Crippen LogP contribution in [0.3, 0.4) is 0 Å². The highest BCUT2D eigenvalue weighted by Gasteiger charge is 2.17. The van der Waals surface area contributed by atoms with Gasteiger partial charge in [-0.25, -0.2) is 4.79 Å². The van der Waals surface area contributed by atoms with E-state index in [9.17, 15) is 9.90 Å². The van der Waals surface area contributed by atoms with Crippen LogP contribution >= 0.6 is 11.8 Å². The normalized spacial score (nSPS) is 11.9. The zero-order chi connectivity index (χ0) is 17.8. The third-order valence-electron chi connectivity index (χ3n) is 3.80. The predicted octanol–water partition coefficient (Wildman–Crippen LogP) is 4.87. The van der Waals surface area contributed by atoms with Gasteiger partial charge in [-0.2, -0.15) is 0 Å². The van der Waals surface area contributed by atoms with Crippen LogP contribution in [-0.2, 0) is 0 Å². The Morgan fingerprint density at radius 2 is 1.84 bits per heavy atom. The molecule has 0 aliphatic carbocycles. The van der Waals surface area contributed by atoms with Crippen molar-refractivity contribution in [2.45, 2.75) is 17.1 Å². The van der Waals surface area contributed by atoms with Crippen molar-refractivity contribution in [3.8, 4) is 22.8 Å². The summed E-state index contributed by atoms with van der Waals surface area (Å²) in [6, 6.07) is 18.3. The van der Waals surface area contributed by atoms with E-state index in [2.05, 4.69) is 0 Å². The number of benzene rings is 2. The van der Waals surface area contributed by atoms with Crippen LogP contribution < -0.4 is 10.4 Å². The van der Waals surface area contributed by atoms with Crippen LogP contribution in [0.2, 0.25) is 0 Å². The molecule has 0 aliphatic rings. The number of hydrogen-bond donors (Lipinski definition) is 1. The molecular weight excluding hydrogens is 336 g/mol. The minimum atomic E-state index is -0.543.